The van der Waals surface area contributed by atoms with Gasteiger partial charge in [-0.25, -0.2) is 22.0 Å². The van der Waals surface area contributed by atoms with Crippen LogP contribution >= 0.6 is 11.6 Å². The molecule has 2 aromatic rings. The van der Waals surface area contributed by atoms with Crippen molar-refractivity contribution in [2.45, 2.75) is 69.0 Å². The number of hydrogen-bond donors (Lipinski definition) is 3. The zero-order valence-corrected chi connectivity index (χ0v) is 27.3. The van der Waals surface area contributed by atoms with E-state index in [1.807, 2.05) is 0 Å². The highest BCUT2D eigenvalue weighted by atomic mass is 35.5. The second kappa shape index (κ2) is 15.4. The van der Waals surface area contributed by atoms with Gasteiger partial charge < -0.3 is 25.4 Å². The molecule has 3 saturated heterocycles. The Morgan fingerprint density at radius 1 is 1.11 bits per heavy atom. The monoisotopic (exact) mass is 682 g/mol. The zero-order valence-electron chi connectivity index (χ0n) is 25.8. The van der Waals surface area contributed by atoms with Crippen molar-refractivity contribution in [2.24, 2.45) is 5.92 Å². The number of nitrogens with zero attached hydrogens (tertiary/aromatic N) is 1. The molecule has 5 atom stereocenters. The van der Waals surface area contributed by atoms with Gasteiger partial charge in [-0.1, -0.05) is 23.7 Å². The lowest BCUT2D eigenvalue weighted by Gasteiger charge is -2.37. The molecular weight excluding hydrogens is 642 g/mol. The van der Waals surface area contributed by atoms with Gasteiger partial charge in [0.2, 0.25) is 15.9 Å². The largest absolute Gasteiger partial charge is 0.453 e. The number of carbonyl (C=O) groups is 2. The number of nitrogens with one attached hydrogen (secondary N) is 3. The van der Waals surface area contributed by atoms with Crippen LogP contribution in [0.4, 0.5) is 19.3 Å². The smallest absolute Gasteiger partial charge is 0.407 e. The minimum Gasteiger partial charge on any atom is -0.453 e. The number of benzene rings is 2. The van der Waals surface area contributed by atoms with Crippen molar-refractivity contribution in [3.63, 3.8) is 0 Å². The molecule has 2 aromatic carbocycles. The summed E-state index contributed by atoms with van der Waals surface area (Å²) in [5.41, 5.74) is 0.395. The molecule has 1 unspecified atom stereocenters. The number of methoxy groups -OCH3 is 1. The number of hydrogen-bond acceptors (Lipinski definition) is 7. The van der Waals surface area contributed by atoms with E-state index >= 15 is 8.78 Å². The first-order valence-electron chi connectivity index (χ1n) is 15.8. The van der Waals surface area contributed by atoms with E-state index in [2.05, 4.69) is 16.0 Å². The van der Waals surface area contributed by atoms with Gasteiger partial charge in [0.15, 0.2) is 0 Å². The summed E-state index contributed by atoms with van der Waals surface area (Å²) in [4.78, 5) is 26.6. The third kappa shape index (κ3) is 8.17. The third-order valence-electron chi connectivity index (χ3n) is 9.31. The van der Waals surface area contributed by atoms with Crippen LogP contribution in [-0.2, 0) is 30.7 Å². The van der Waals surface area contributed by atoms with E-state index in [9.17, 15) is 18.0 Å². The van der Waals surface area contributed by atoms with E-state index in [4.69, 9.17) is 21.1 Å². The molecule has 5 rings (SSSR count). The summed E-state index contributed by atoms with van der Waals surface area (Å²) in [5.74, 6) is -2.80. The van der Waals surface area contributed by atoms with E-state index in [0.717, 1.165) is 24.1 Å². The Bertz CT molecular complexity index is 1490. The van der Waals surface area contributed by atoms with Crippen LogP contribution in [0.25, 0.3) is 0 Å². The van der Waals surface area contributed by atoms with Gasteiger partial charge in [0, 0.05) is 54.9 Å². The van der Waals surface area contributed by atoms with Crippen molar-refractivity contribution >= 4 is 39.3 Å². The molecule has 14 heteroatoms. The molecule has 3 heterocycles. The summed E-state index contributed by atoms with van der Waals surface area (Å²) in [7, 11) is -2.22. The number of amides is 2. The maximum absolute atomic E-state index is 15.4. The molecule has 0 spiro atoms. The quantitative estimate of drug-likeness (QED) is 0.335. The van der Waals surface area contributed by atoms with Crippen LogP contribution in [0.15, 0.2) is 36.4 Å². The highest BCUT2D eigenvalue weighted by Crippen LogP contribution is 2.37. The zero-order chi connectivity index (χ0) is 32.8. The molecule has 3 fully saturated rings. The molecule has 252 valence electrons. The minimum atomic E-state index is -3.40. The van der Waals surface area contributed by atoms with Gasteiger partial charge in [0.25, 0.3) is 0 Å². The van der Waals surface area contributed by atoms with Crippen LogP contribution in [0.2, 0.25) is 5.02 Å². The van der Waals surface area contributed by atoms with Crippen molar-refractivity contribution in [3.8, 4) is 0 Å². The number of carbonyl (C=O) groups excluding carboxylic acids is 2. The number of alkyl carbamates (subject to hydrolysis) is 1. The lowest BCUT2D eigenvalue weighted by atomic mass is 9.76. The molecule has 2 amide bonds. The number of halogens is 3. The van der Waals surface area contributed by atoms with Gasteiger partial charge >= 0.3 is 6.09 Å². The van der Waals surface area contributed by atoms with Gasteiger partial charge in [-0.3, -0.25) is 4.79 Å². The predicted octanol–water partition coefficient (Wildman–Crippen LogP) is 4.58. The first-order valence-corrected chi connectivity index (χ1v) is 17.7. The van der Waals surface area contributed by atoms with E-state index in [-0.39, 0.29) is 41.4 Å². The first-order chi connectivity index (χ1) is 22.1. The number of fused-ring (bicyclic) bond motifs is 2. The summed E-state index contributed by atoms with van der Waals surface area (Å²) in [6.07, 6.45) is 2.61. The number of piperazine rings is 1. The number of rotatable bonds is 10. The van der Waals surface area contributed by atoms with E-state index in [0.29, 0.717) is 63.4 Å². The van der Waals surface area contributed by atoms with Gasteiger partial charge in [0.05, 0.1) is 18.6 Å². The molecule has 3 aliphatic rings. The lowest BCUT2D eigenvalue weighted by Crippen LogP contribution is -2.57. The fourth-order valence-corrected chi connectivity index (χ4v) is 8.87. The molecule has 0 aromatic heterocycles. The fraction of sp³-hybridized carbons (Fsp3) is 0.562. The van der Waals surface area contributed by atoms with Crippen molar-refractivity contribution in [1.29, 1.82) is 0 Å². The van der Waals surface area contributed by atoms with E-state index < -0.39 is 45.6 Å². The summed E-state index contributed by atoms with van der Waals surface area (Å²) >= 11 is 6.14. The van der Waals surface area contributed by atoms with Crippen LogP contribution < -0.4 is 16.0 Å². The van der Waals surface area contributed by atoms with Crippen LogP contribution in [0, 0.1) is 17.6 Å². The van der Waals surface area contributed by atoms with Gasteiger partial charge in [-0.2, -0.15) is 4.31 Å². The SMILES string of the molecule is COC(=O)N[C@H](C(=O)Nc1c(F)ccc(F)c1CCC[C@H]1CN[C@@H]2CCCS(=O)(=O)N1C2)[C@@H](c1ccc(Cl)cc1)C1CCOCC1. The van der Waals surface area contributed by atoms with Crippen LogP contribution in [0.1, 0.15) is 55.6 Å². The minimum absolute atomic E-state index is 0.0281. The predicted molar refractivity (Wildman–Crippen MR) is 170 cm³/mol. The molecule has 0 aliphatic carbocycles. The molecule has 10 nitrogen and oxygen atoms in total. The average molecular weight is 683 g/mol. The van der Waals surface area contributed by atoms with E-state index in [1.165, 1.54) is 7.11 Å². The Morgan fingerprint density at radius 3 is 2.54 bits per heavy atom. The van der Waals surface area contributed by atoms with Gasteiger partial charge in [-0.15, -0.1) is 0 Å². The molecule has 0 radical (unpaired) electrons. The molecule has 46 heavy (non-hydrogen) atoms. The maximum atomic E-state index is 15.4. The molecule has 3 aliphatic heterocycles. The van der Waals surface area contributed by atoms with Crippen molar-refractivity contribution in [1.82, 2.24) is 14.9 Å². The third-order valence-corrected chi connectivity index (χ3v) is 11.5. The lowest BCUT2D eigenvalue weighted by molar-refractivity contribution is -0.119. The van der Waals surface area contributed by atoms with Crippen LogP contribution in [0.3, 0.4) is 0 Å². The Kier molecular flexibility index (Phi) is 11.5. The second-order valence-corrected chi connectivity index (χ2v) is 14.7. The average Bonchev–Trinajstić information content (AvgIpc) is 3.16. The summed E-state index contributed by atoms with van der Waals surface area (Å²) in [6, 6.07) is 7.50. The Morgan fingerprint density at radius 2 is 1.83 bits per heavy atom. The topological polar surface area (TPSA) is 126 Å². The Labute approximate surface area is 273 Å². The Balaban J connectivity index is 1.38. The maximum Gasteiger partial charge on any atom is 0.407 e. The molecule has 0 saturated carbocycles. The highest BCUT2D eigenvalue weighted by molar-refractivity contribution is 7.89. The first kappa shape index (κ1) is 34.5. The van der Waals surface area contributed by atoms with Crippen molar-refractivity contribution < 1.29 is 36.3 Å². The summed E-state index contributed by atoms with van der Waals surface area (Å²) in [6.45, 7) is 1.83. The van der Waals surface area contributed by atoms with Crippen LogP contribution in [-0.4, -0.2) is 82.0 Å². The number of sulfonamides is 1. The fourth-order valence-electron chi connectivity index (χ4n) is 6.93. The highest BCUT2D eigenvalue weighted by Gasteiger charge is 2.39. The number of anilines is 1. The molecule has 3 N–H and O–H groups in total. The second-order valence-electron chi connectivity index (χ2n) is 12.2. The number of ether oxygens (including phenoxy) is 2. The molecule has 2 bridgehead atoms. The van der Waals surface area contributed by atoms with Crippen molar-refractivity contribution in [3.05, 3.63) is 64.2 Å². The van der Waals surface area contributed by atoms with E-state index in [1.54, 1.807) is 28.6 Å². The summed E-state index contributed by atoms with van der Waals surface area (Å²) < 4.78 is 68.4. The normalized spacial score (nSPS) is 24.3. The van der Waals surface area contributed by atoms with Gasteiger partial charge in [-0.05, 0) is 80.7 Å². The Hall–Kier alpha value is -2.84. The van der Waals surface area contributed by atoms with Gasteiger partial charge in [0.1, 0.15) is 17.7 Å². The summed E-state index contributed by atoms with van der Waals surface area (Å²) in [5, 5.41) is 9.15. The van der Waals surface area contributed by atoms with Crippen LogP contribution in [0.5, 0.6) is 0 Å². The molecular formula is C32H41ClF2N4O6S. The standard InChI is InChI=1S/C32H41ClF2N4O6S/c1-44-32(41)38-30(28(21-13-15-45-16-14-21)20-7-9-22(33)10-8-20)31(40)37-29-25(26(34)11-12-27(29)35)6-2-5-24-18-36-23-4-3-17-46(42,43)39(24)19-23/h7-12,21,23-24,28,30,36H,2-6,13-19H2,1H3,(H,37,40)(H,38,41)/t23-,24+,28+,30+/m1/s1. The van der Waals surface area contributed by atoms with Crippen molar-refractivity contribution in [2.75, 3.05) is 44.5 Å².